The van der Waals surface area contributed by atoms with E-state index < -0.39 is 23.7 Å². The lowest BCUT2D eigenvalue weighted by molar-refractivity contribution is 0.194. The van der Waals surface area contributed by atoms with E-state index in [2.05, 4.69) is 9.88 Å². The number of amides is 2. The number of rotatable bonds is 4. The van der Waals surface area contributed by atoms with E-state index in [1.165, 1.54) is 0 Å². The number of hydrogen-bond acceptors (Lipinski definition) is 2. The average molecular weight is 510 g/mol. The molecular weight excluding hydrogens is 484 g/mol. The Labute approximate surface area is 218 Å². The summed E-state index contributed by atoms with van der Waals surface area (Å²) < 4.78 is 32.4. The number of hydrogen-bond donors (Lipinski definition) is 1. The fourth-order valence-electron chi connectivity index (χ4n) is 5.11. The second kappa shape index (κ2) is 9.63. The molecular formula is C30H25F2N5O. The number of carbonyl (C=O) groups is 1. The Bertz CT molecular complexity index is 1610. The third-order valence-electron chi connectivity index (χ3n) is 6.85. The minimum absolute atomic E-state index is 0.211. The van der Waals surface area contributed by atoms with Crippen LogP contribution < -0.4 is 5.32 Å². The van der Waals surface area contributed by atoms with Gasteiger partial charge in [0.1, 0.15) is 17.5 Å². The summed E-state index contributed by atoms with van der Waals surface area (Å²) in [6, 6.07) is 25.4. The van der Waals surface area contributed by atoms with Gasteiger partial charge in [0.2, 0.25) is 0 Å². The van der Waals surface area contributed by atoms with Crippen LogP contribution in [-0.2, 0) is 13.0 Å². The quantitative estimate of drug-likeness (QED) is 0.295. The lowest BCUT2D eigenvalue weighted by atomic mass is 10.0. The van der Waals surface area contributed by atoms with E-state index in [0.717, 1.165) is 52.2 Å². The van der Waals surface area contributed by atoms with Crippen LogP contribution in [0, 0.1) is 11.6 Å². The highest BCUT2D eigenvalue weighted by atomic mass is 19.1. The highest BCUT2D eigenvalue weighted by Gasteiger charge is 2.36. The number of halogens is 2. The molecule has 6 rings (SSSR count). The topological polar surface area (TPSA) is 55.1 Å². The Balaban J connectivity index is 1.55. The number of urea groups is 1. The lowest BCUT2D eigenvalue weighted by Gasteiger charge is -2.31. The summed E-state index contributed by atoms with van der Waals surface area (Å²) in [5.74, 6) is -0.493. The lowest BCUT2D eigenvalue weighted by Crippen LogP contribution is -2.38. The number of aryl methyl sites for hydroxylation is 1. The third kappa shape index (κ3) is 4.04. The maximum atomic E-state index is 14.5. The third-order valence-corrected chi connectivity index (χ3v) is 6.85. The van der Waals surface area contributed by atoms with E-state index in [1.54, 1.807) is 4.90 Å². The zero-order valence-electron chi connectivity index (χ0n) is 20.7. The Morgan fingerprint density at radius 1 is 0.974 bits per heavy atom. The van der Waals surface area contributed by atoms with Crippen molar-refractivity contribution >= 4 is 11.7 Å². The maximum Gasteiger partial charge on any atom is 0.323 e. The first kappa shape index (κ1) is 23.7. The first-order valence-corrected chi connectivity index (χ1v) is 12.5. The summed E-state index contributed by atoms with van der Waals surface area (Å²) in [6.07, 6.45) is 2.63. The van der Waals surface area contributed by atoms with Crippen molar-refractivity contribution < 1.29 is 13.6 Å². The number of nitrogens with zero attached hydrogens (tertiary/aromatic N) is 4. The Hall–Kier alpha value is -4.72. The van der Waals surface area contributed by atoms with Gasteiger partial charge >= 0.3 is 6.03 Å². The first-order chi connectivity index (χ1) is 18.5. The van der Waals surface area contributed by atoms with Crippen LogP contribution in [0.15, 0.2) is 97.2 Å². The monoisotopic (exact) mass is 509 g/mol. The molecule has 5 aromatic rings. The normalized spacial score (nSPS) is 14.5. The standard InChI is InChI=1S/C30H25F2N5O/c1-2-25-23-19-36(30(38)33-26-18-21(31)15-16-24(26)32)28(20-10-5-3-6-11-20)27-14-9-17-35(27)29(23)37(34-25)22-12-7-4-8-13-22/h3-18,28H,2,19H2,1H3,(H,33,38)/t28-/m0/s1. The van der Waals surface area contributed by atoms with Crippen LogP contribution in [0.1, 0.15) is 35.5 Å². The van der Waals surface area contributed by atoms with Gasteiger partial charge in [-0.2, -0.15) is 5.10 Å². The zero-order valence-corrected chi connectivity index (χ0v) is 20.7. The van der Waals surface area contributed by atoms with Crippen LogP contribution in [0.3, 0.4) is 0 Å². The van der Waals surface area contributed by atoms with Crippen molar-refractivity contribution in [3.63, 3.8) is 0 Å². The van der Waals surface area contributed by atoms with Crippen LogP contribution in [0.25, 0.3) is 11.5 Å². The van der Waals surface area contributed by atoms with E-state index in [1.807, 2.05) is 90.6 Å². The van der Waals surface area contributed by atoms with Gasteiger partial charge in [0, 0.05) is 17.8 Å². The molecule has 38 heavy (non-hydrogen) atoms. The van der Waals surface area contributed by atoms with Crippen molar-refractivity contribution in [3.8, 4) is 11.5 Å². The number of benzene rings is 3. The molecule has 1 atom stereocenters. The highest BCUT2D eigenvalue weighted by molar-refractivity contribution is 5.90. The van der Waals surface area contributed by atoms with Gasteiger partial charge < -0.3 is 14.8 Å². The van der Waals surface area contributed by atoms with Gasteiger partial charge in [-0.15, -0.1) is 0 Å². The average Bonchev–Trinajstić information content (AvgIpc) is 3.52. The van der Waals surface area contributed by atoms with Crippen molar-refractivity contribution in [1.82, 2.24) is 19.2 Å². The fraction of sp³-hybridized carbons (Fsp3) is 0.133. The minimum Gasteiger partial charge on any atom is -0.307 e. The molecule has 0 saturated carbocycles. The number of nitrogens with one attached hydrogen (secondary N) is 1. The maximum absolute atomic E-state index is 14.5. The molecule has 0 bridgehead atoms. The summed E-state index contributed by atoms with van der Waals surface area (Å²) in [4.78, 5) is 15.5. The Morgan fingerprint density at radius 2 is 1.71 bits per heavy atom. The smallest absolute Gasteiger partial charge is 0.307 e. The predicted molar refractivity (Wildman–Crippen MR) is 141 cm³/mol. The molecule has 3 aromatic carbocycles. The second-order valence-corrected chi connectivity index (χ2v) is 9.15. The van der Waals surface area contributed by atoms with E-state index in [9.17, 15) is 13.6 Å². The molecule has 0 radical (unpaired) electrons. The molecule has 190 valence electrons. The van der Waals surface area contributed by atoms with Gasteiger partial charge in [-0.3, -0.25) is 0 Å². The Morgan fingerprint density at radius 3 is 2.45 bits per heavy atom. The SMILES string of the molecule is CCc1nn(-c2ccccc2)c2c1CN(C(=O)Nc1cc(F)ccc1F)[C@@H](c1ccccc1)c1cccn1-2. The molecule has 1 aliphatic heterocycles. The zero-order chi connectivity index (χ0) is 26.2. The van der Waals surface area contributed by atoms with Gasteiger partial charge in [-0.1, -0.05) is 55.5 Å². The molecule has 2 amide bonds. The summed E-state index contributed by atoms with van der Waals surface area (Å²) in [5.41, 5.74) is 4.18. The molecule has 3 heterocycles. The molecule has 6 nitrogen and oxygen atoms in total. The summed E-state index contributed by atoms with van der Waals surface area (Å²) in [7, 11) is 0. The van der Waals surface area contributed by atoms with Crippen molar-refractivity contribution in [1.29, 1.82) is 0 Å². The number of anilines is 1. The molecule has 0 aliphatic carbocycles. The summed E-state index contributed by atoms with van der Waals surface area (Å²) in [6.45, 7) is 2.25. The van der Waals surface area contributed by atoms with Crippen LogP contribution in [0.4, 0.5) is 19.3 Å². The van der Waals surface area contributed by atoms with Crippen molar-refractivity contribution in [2.75, 3.05) is 5.32 Å². The fourth-order valence-corrected chi connectivity index (χ4v) is 5.11. The summed E-state index contributed by atoms with van der Waals surface area (Å²) >= 11 is 0. The van der Waals surface area contributed by atoms with Gasteiger partial charge in [-0.05, 0) is 48.4 Å². The second-order valence-electron chi connectivity index (χ2n) is 9.15. The largest absolute Gasteiger partial charge is 0.323 e. The number of para-hydroxylation sites is 1. The van der Waals surface area contributed by atoms with Gasteiger partial charge in [0.15, 0.2) is 0 Å². The van der Waals surface area contributed by atoms with Crippen molar-refractivity contribution in [3.05, 3.63) is 131 Å². The van der Waals surface area contributed by atoms with Crippen molar-refractivity contribution in [2.24, 2.45) is 0 Å². The van der Waals surface area contributed by atoms with E-state index >= 15 is 0 Å². The molecule has 0 saturated heterocycles. The molecule has 2 aromatic heterocycles. The number of carbonyl (C=O) groups excluding carboxylic acids is 1. The molecule has 1 aliphatic rings. The Kier molecular flexibility index (Phi) is 5.99. The summed E-state index contributed by atoms with van der Waals surface area (Å²) in [5, 5.41) is 7.54. The highest BCUT2D eigenvalue weighted by Crippen LogP contribution is 2.39. The minimum atomic E-state index is -0.707. The molecule has 0 spiro atoms. The van der Waals surface area contributed by atoms with Crippen LogP contribution in [0.2, 0.25) is 0 Å². The van der Waals surface area contributed by atoms with Crippen LogP contribution in [0.5, 0.6) is 0 Å². The van der Waals surface area contributed by atoms with Crippen LogP contribution >= 0.6 is 0 Å². The van der Waals surface area contributed by atoms with E-state index in [4.69, 9.17) is 5.10 Å². The van der Waals surface area contributed by atoms with Crippen LogP contribution in [-0.4, -0.2) is 25.3 Å². The number of aromatic nitrogens is 3. The van der Waals surface area contributed by atoms with E-state index in [-0.39, 0.29) is 12.2 Å². The number of fused-ring (bicyclic) bond motifs is 3. The van der Waals surface area contributed by atoms with Gasteiger partial charge in [0.05, 0.1) is 35.3 Å². The molecule has 8 heteroatoms. The van der Waals surface area contributed by atoms with Gasteiger partial charge in [0.25, 0.3) is 0 Å². The van der Waals surface area contributed by atoms with Gasteiger partial charge in [-0.25, -0.2) is 18.3 Å². The molecule has 0 unspecified atom stereocenters. The molecule has 0 fully saturated rings. The predicted octanol–water partition coefficient (Wildman–Crippen LogP) is 6.64. The molecule has 1 N–H and O–H groups in total. The van der Waals surface area contributed by atoms with E-state index in [0.29, 0.717) is 6.42 Å². The van der Waals surface area contributed by atoms with Crippen molar-refractivity contribution in [2.45, 2.75) is 25.9 Å². The first-order valence-electron chi connectivity index (χ1n) is 12.5.